The molecule has 0 saturated heterocycles. The molecule has 3 aromatic carbocycles. The van der Waals surface area contributed by atoms with Gasteiger partial charge in [-0.25, -0.2) is 14.4 Å². The van der Waals surface area contributed by atoms with Crippen molar-refractivity contribution in [2.24, 2.45) is 11.8 Å². The maximum absolute atomic E-state index is 14.8. The van der Waals surface area contributed by atoms with Crippen molar-refractivity contribution >= 4 is 39.3 Å². The lowest BCUT2D eigenvalue weighted by Gasteiger charge is -2.39. The first kappa shape index (κ1) is 34.7. The second-order valence-corrected chi connectivity index (χ2v) is 14.8. The first-order valence-electron chi connectivity index (χ1n) is 18.3. The summed E-state index contributed by atoms with van der Waals surface area (Å²) in [7, 11) is 1.38. The molecule has 1 aromatic heterocycles. The van der Waals surface area contributed by atoms with Crippen LogP contribution in [0.5, 0.6) is 0 Å². The van der Waals surface area contributed by atoms with Crippen LogP contribution in [0.2, 0.25) is 0 Å². The Kier molecular flexibility index (Phi) is 11.0. The molecule has 3 aliphatic rings. The summed E-state index contributed by atoms with van der Waals surface area (Å²) in [5.74, 6) is -1.84. The third-order valence-electron chi connectivity index (χ3n) is 10.7. The van der Waals surface area contributed by atoms with E-state index in [2.05, 4.69) is 5.32 Å². The molecule has 2 fully saturated rings. The third-order valence-corrected chi connectivity index (χ3v) is 11.7. The number of rotatable bonds is 10. The van der Waals surface area contributed by atoms with Gasteiger partial charge in [-0.2, -0.15) is 0 Å². The van der Waals surface area contributed by atoms with Crippen LogP contribution < -0.4 is 5.32 Å². The molecule has 7 rings (SSSR count). The lowest BCUT2D eigenvalue weighted by Crippen LogP contribution is -2.39. The third kappa shape index (κ3) is 7.52. The Labute approximate surface area is 303 Å². The number of benzene rings is 3. The minimum absolute atomic E-state index is 0.109. The van der Waals surface area contributed by atoms with Crippen LogP contribution >= 0.6 is 11.3 Å². The van der Waals surface area contributed by atoms with E-state index in [0.717, 1.165) is 102 Å². The first-order valence-corrected chi connectivity index (χ1v) is 19.2. The fourth-order valence-corrected chi connectivity index (χ4v) is 9.20. The maximum atomic E-state index is 14.8. The van der Waals surface area contributed by atoms with E-state index in [1.807, 2.05) is 78.2 Å². The number of ether oxygens (including phenoxy) is 3. The van der Waals surface area contributed by atoms with Crippen LogP contribution in [0.15, 0.2) is 107 Å². The van der Waals surface area contributed by atoms with Crippen molar-refractivity contribution in [3.63, 3.8) is 0 Å². The van der Waals surface area contributed by atoms with Gasteiger partial charge >= 0.3 is 17.9 Å². The number of nitrogens with one attached hydrogen (secondary N) is 1. The number of fused-ring (bicyclic) bond motifs is 1. The molecule has 2 saturated carbocycles. The molecular weight excluding hydrogens is 659 g/mol. The van der Waals surface area contributed by atoms with Crippen molar-refractivity contribution in [1.82, 2.24) is 5.32 Å². The molecule has 0 unspecified atom stereocenters. The Balaban J connectivity index is 1.42. The van der Waals surface area contributed by atoms with Gasteiger partial charge in [0.1, 0.15) is 13.2 Å². The molecule has 264 valence electrons. The monoisotopic (exact) mass is 703 g/mol. The van der Waals surface area contributed by atoms with Crippen molar-refractivity contribution in [3.05, 3.63) is 129 Å². The normalized spacial score (nSPS) is 17.7. The summed E-state index contributed by atoms with van der Waals surface area (Å²) in [6, 6.07) is 24.9. The number of carbonyl (C=O) groups excluding carboxylic acids is 3. The fourth-order valence-electron chi connectivity index (χ4n) is 8.10. The average Bonchev–Trinajstić information content (AvgIpc) is 3.63. The highest BCUT2D eigenvalue weighted by molar-refractivity contribution is 7.17. The summed E-state index contributed by atoms with van der Waals surface area (Å²) in [5, 5.41) is 6.62. The van der Waals surface area contributed by atoms with Crippen LogP contribution in [0.3, 0.4) is 0 Å². The van der Waals surface area contributed by atoms with Crippen molar-refractivity contribution in [3.8, 4) is 0 Å². The van der Waals surface area contributed by atoms with E-state index in [1.54, 1.807) is 6.07 Å². The Hall–Kier alpha value is -4.69. The molecule has 51 heavy (non-hydrogen) atoms. The molecule has 2 aliphatic carbocycles. The van der Waals surface area contributed by atoms with Gasteiger partial charge in [0.15, 0.2) is 0 Å². The van der Waals surface area contributed by atoms with Crippen molar-refractivity contribution in [2.75, 3.05) is 7.11 Å². The summed E-state index contributed by atoms with van der Waals surface area (Å²) in [5.41, 5.74) is 5.70. The summed E-state index contributed by atoms with van der Waals surface area (Å²) < 4.78 is 18.2. The van der Waals surface area contributed by atoms with Crippen LogP contribution in [0.4, 0.5) is 0 Å². The number of carbonyl (C=O) groups is 3. The Morgan fingerprint density at radius 1 is 0.647 bits per heavy atom. The smallest absolute Gasteiger partial charge is 0.339 e. The number of dihydropyridines is 1. The molecular formula is C43H45NO6S. The van der Waals surface area contributed by atoms with Crippen molar-refractivity contribution < 1.29 is 28.6 Å². The molecule has 0 amide bonds. The lowest BCUT2D eigenvalue weighted by molar-refractivity contribution is -0.141. The SMILES string of the molecule is COC(=O)c1cccc2c(C3C(C(=O)OCc4ccccc4)=C(C4CCCCC4)NC(C4CCCCC4)=C3C(=O)OCc3ccccc3)csc12. The summed E-state index contributed by atoms with van der Waals surface area (Å²) >= 11 is 1.43. The minimum atomic E-state index is -0.756. The molecule has 4 aromatic rings. The number of thiophene rings is 1. The number of hydrogen-bond donors (Lipinski definition) is 1. The molecule has 2 heterocycles. The summed E-state index contributed by atoms with van der Waals surface area (Å²) in [6.45, 7) is 0.218. The zero-order chi connectivity index (χ0) is 35.2. The topological polar surface area (TPSA) is 90.9 Å². The lowest BCUT2D eigenvalue weighted by atomic mass is 9.72. The zero-order valence-electron chi connectivity index (χ0n) is 29.2. The second-order valence-electron chi connectivity index (χ2n) is 13.9. The van der Waals surface area contributed by atoms with Crippen LogP contribution in [-0.4, -0.2) is 25.0 Å². The largest absolute Gasteiger partial charge is 0.465 e. The molecule has 7 nitrogen and oxygen atoms in total. The Morgan fingerprint density at radius 3 is 1.65 bits per heavy atom. The molecule has 0 bridgehead atoms. The predicted molar refractivity (Wildman–Crippen MR) is 199 cm³/mol. The quantitative estimate of drug-likeness (QED) is 0.130. The van der Waals surface area contributed by atoms with Crippen molar-refractivity contribution in [1.29, 1.82) is 0 Å². The molecule has 1 aliphatic heterocycles. The first-order chi connectivity index (χ1) is 25.0. The summed E-state index contributed by atoms with van der Waals surface area (Å²) in [6.07, 6.45) is 10.4. The minimum Gasteiger partial charge on any atom is -0.465 e. The van der Waals surface area contributed by atoms with E-state index < -0.39 is 23.8 Å². The van der Waals surface area contributed by atoms with Crippen molar-refractivity contribution in [2.45, 2.75) is 83.3 Å². The highest BCUT2D eigenvalue weighted by atomic mass is 32.1. The number of esters is 3. The van der Waals surface area contributed by atoms with E-state index in [0.29, 0.717) is 16.7 Å². The van der Waals surface area contributed by atoms with E-state index in [1.165, 1.54) is 18.4 Å². The molecule has 8 heteroatoms. The van der Waals surface area contributed by atoms with Gasteiger partial charge in [0.25, 0.3) is 0 Å². The fraction of sp³-hybridized carbons (Fsp3) is 0.372. The van der Waals surface area contributed by atoms with Gasteiger partial charge in [-0.05, 0) is 71.0 Å². The zero-order valence-corrected chi connectivity index (χ0v) is 30.0. The Morgan fingerprint density at radius 2 is 1.16 bits per heavy atom. The van der Waals surface area contributed by atoms with Gasteiger partial charge < -0.3 is 19.5 Å². The number of allylic oxidation sites excluding steroid dienone is 2. The molecule has 0 atom stereocenters. The van der Waals surface area contributed by atoms with E-state index in [-0.39, 0.29) is 25.0 Å². The summed E-state index contributed by atoms with van der Waals surface area (Å²) in [4.78, 5) is 42.4. The molecule has 0 spiro atoms. The van der Waals surface area contributed by atoms with Gasteiger partial charge in [-0.3, -0.25) is 0 Å². The Bertz CT molecular complexity index is 1840. The van der Waals surface area contributed by atoms with Crippen LogP contribution in [0, 0.1) is 11.8 Å². The van der Waals surface area contributed by atoms with E-state index in [4.69, 9.17) is 14.2 Å². The van der Waals surface area contributed by atoms with Gasteiger partial charge in [-0.1, -0.05) is 111 Å². The predicted octanol–water partition coefficient (Wildman–Crippen LogP) is 9.53. The molecule has 1 N–H and O–H groups in total. The number of hydrogen-bond acceptors (Lipinski definition) is 8. The van der Waals surface area contributed by atoms with Crippen LogP contribution in [0.25, 0.3) is 10.1 Å². The van der Waals surface area contributed by atoms with Gasteiger partial charge in [0.2, 0.25) is 0 Å². The van der Waals surface area contributed by atoms with E-state index >= 15 is 0 Å². The van der Waals surface area contributed by atoms with Gasteiger partial charge in [-0.15, -0.1) is 11.3 Å². The second kappa shape index (κ2) is 16.1. The van der Waals surface area contributed by atoms with Crippen LogP contribution in [-0.2, 0) is 37.0 Å². The number of methoxy groups -OCH3 is 1. The molecule has 0 radical (unpaired) electrons. The highest BCUT2D eigenvalue weighted by Crippen LogP contribution is 2.49. The van der Waals surface area contributed by atoms with Gasteiger partial charge in [0.05, 0.1) is 29.7 Å². The van der Waals surface area contributed by atoms with Crippen LogP contribution in [0.1, 0.15) is 97.2 Å². The van der Waals surface area contributed by atoms with Gasteiger partial charge in [0, 0.05) is 16.1 Å². The standard InChI is InChI=1S/C43H45NO6S/c1-48-41(45)33-24-14-23-32-34(27-51-40(32)33)35-36(42(46)49-25-28-15-6-2-7-16-28)38(30-19-10-4-11-20-30)44-39(31-21-12-5-13-22-31)37(35)43(47)50-26-29-17-8-3-9-18-29/h2-3,6-9,14-18,23-24,27,30-31,35,44H,4-5,10-13,19-22,25-26H2,1H3. The maximum Gasteiger partial charge on any atom is 0.339 e. The average molecular weight is 704 g/mol. The van der Waals surface area contributed by atoms with E-state index in [9.17, 15) is 14.4 Å². The highest BCUT2D eigenvalue weighted by Gasteiger charge is 2.44.